The number of ether oxygens (including phenoxy) is 1. The van der Waals surface area contributed by atoms with Gasteiger partial charge in [0.25, 0.3) is 5.91 Å². The number of hydrogen-bond donors (Lipinski definition) is 0. The van der Waals surface area contributed by atoms with Gasteiger partial charge in [-0.2, -0.15) is 0 Å². The molecule has 3 heterocycles. The predicted octanol–water partition coefficient (Wildman–Crippen LogP) is 3.00. The molecule has 0 aromatic carbocycles. The van der Waals surface area contributed by atoms with E-state index >= 15 is 0 Å². The lowest BCUT2D eigenvalue weighted by atomic mass is 10.1. The van der Waals surface area contributed by atoms with Gasteiger partial charge in [0.2, 0.25) is 0 Å². The molecule has 6 heteroatoms. The van der Waals surface area contributed by atoms with E-state index in [0.717, 1.165) is 24.4 Å². The van der Waals surface area contributed by atoms with Gasteiger partial charge in [-0.25, -0.2) is 4.98 Å². The molecule has 0 saturated carbocycles. The van der Waals surface area contributed by atoms with E-state index in [1.54, 1.807) is 18.6 Å². The number of nitrogens with zero attached hydrogens (tertiary/aromatic N) is 4. The van der Waals surface area contributed by atoms with Crippen LogP contribution in [0.3, 0.4) is 0 Å². The van der Waals surface area contributed by atoms with Crippen LogP contribution in [0, 0.1) is 0 Å². The highest BCUT2D eigenvalue weighted by Crippen LogP contribution is 2.20. The Bertz CT molecular complexity index is 710. The number of piperidine rings is 1. The number of aromatic nitrogens is 2. The van der Waals surface area contributed by atoms with Crippen LogP contribution in [0.1, 0.15) is 37.0 Å². The summed E-state index contributed by atoms with van der Waals surface area (Å²) < 4.78 is 5.94. The van der Waals surface area contributed by atoms with Crippen molar-refractivity contribution in [2.45, 2.75) is 38.8 Å². The Morgan fingerprint density at radius 2 is 2.00 bits per heavy atom. The molecule has 0 bridgehead atoms. The SMILES string of the molecule is CC(C)N(C)c1ccc(C(=O)N2CCC(Oc3cccnc3)CC2)cn1. The van der Waals surface area contributed by atoms with Gasteiger partial charge in [-0.3, -0.25) is 9.78 Å². The van der Waals surface area contributed by atoms with E-state index in [0.29, 0.717) is 24.7 Å². The second-order valence-electron chi connectivity index (χ2n) is 6.91. The van der Waals surface area contributed by atoms with Gasteiger partial charge in [0, 0.05) is 51.4 Å². The van der Waals surface area contributed by atoms with Gasteiger partial charge in [0.05, 0.1) is 11.8 Å². The van der Waals surface area contributed by atoms with Crippen LogP contribution < -0.4 is 9.64 Å². The molecule has 2 aromatic rings. The summed E-state index contributed by atoms with van der Waals surface area (Å²) in [6.45, 7) is 5.60. The average molecular weight is 354 g/mol. The summed E-state index contributed by atoms with van der Waals surface area (Å²) in [5.74, 6) is 1.70. The molecule has 0 spiro atoms. The van der Waals surface area contributed by atoms with Crippen molar-refractivity contribution in [3.05, 3.63) is 48.4 Å². The largest absolute Gasteiger partial charge is 0.489 e. The van der Waals surface area contributed by atoms with Crippen molar-refractivity contribution in [1.29, 1.82) is 0 Å². The first kappa shape index (κ1) is 18.2. The number of anilines is 1. The fourth-order valence-corrected chi connectivity index (χ4v) is 2.95. The quantitative estimate of drug-likeness (QED) is 0.826. The molecule has 138 valence electrons. The van der Waals surface area contributed by atoms with E-state index in [4.69, 9.17) is 4.74 Å². The average Bonchev–Trinajstić information content (AvgIpc) is 2.68. The summed E-state index contributed by atoms with van der Waals surface area (Å²) in [5.41, 5.74) is 0.637. The fourth-order valence-electron chi connectivity index (χ4n) is 2.95. The predicted molar refractivity (Wildman–Crippen MR) is 102 cm³/mol. The Morgan fingerprint density at radius 3 is 2.58 bits per heavy atom. The number of amides is 1. The minimum absolute atomic E-state index is 0.0380. The second-order valence-corrected chi connectivity index (χ2v) is 6.91. The van der Waals surface area contributed by atoms with Gasteiger partial charge in [-0.1, -0.05) is 0 Å². The van der Waals surface area contributed by atoms with Crippen LogP contribution in [0.5, 0.6) is 5.75 Å². The molecule has 1 aliphatic rings. The molecule has 6 nitrogen and oxygen atoms in total. The molecular formula is C20H26N4O2. The Labute approximate surface area is 154 Å². The van der Waals surface area contributed by atoms with Crippen LogP contribution in [0.15, 0.2) is 42.9 Å². The van der Waals surface area contributed by atoms with Gasteiger partial charge in [0.15, 0.2) is 0 Å². The van der Waals surface area contributed by atoms with E-state index < -0.39 is 0 Å². The summed E-state index contributed by atoms with van der Waals surface area (Å²) >= 11 is 0. The Morgan fingerprint density at radius 1 is 1.23 bits per heavy atom. The van der Waals surface area contributed by atoms with Crippen LogP contribution in [-0.4, -0.2) is 53.1 Å². The molecule has 26 heavy (non-hydrogen) atoms. The molecule has 1 fully saturated rings. The smallest absolute Gasteiger partial charge is 0.255 e. The summed E-state index contributed by atoms with van der Waals surface area (Å²) in [6.07, 6.45) is 6.90. The lowest BCUT2D eigenvalue weighted by Gasteiger charge is -2.32. The molecule has 0 aliphatic carbocycles. The highest BCUT2D eigenvalue weighted by molar-refractivity contribution is 5.94. The van der Waals surface area contributed by atoms with Crippen molar-refractivity contribution in [1.82, 2.24) is 14.9 Å². The van der Waals surface area contributed by atoms with E-state index in [-0.39, 0.29) is 12.0 Å². The number of likely N-dealkylation sites (tertiary alicyclic amines) is 1. The number of carbonyl (C=O) groups is 1. The Hall–Kier alpha value is -2.63. The number of rotatable bonds is 5. The first-order chi connectivity index (χ1) is 12.5. The number of carbonyl (C=O) groups excluding carboxylic acids is 1. The zero-order valence-corrected chi connectivity index (χ0v) is 15.6. The van der Waals surface area contributed by atoms with Gasteiger partial charge in [0.1, 0.15) is 17.7 Å². The second kappa shape index (κ2) is 8.17. The third kappa shape index (κ3) is 4.31. The Balaban J connectivity index is 1.55. The van der Waals surface area contributed by atoms with Gasteiger partial charge in [-0.15, -0.1) is 0 Å². The van der Waals surface area contributed by atoms with Crippen molar-refractivity contribution >= 4 is 11.7 Å². The van der Waals surface area contributed by atoms with Crippen molar-refractivity contribution in [3.8, 4) is 5.75 Å². The summed E-state index contributed by atoms with van der Waals surface area (Å²) in [7, 11) is 2.00. The topological polar surface area (TPSA) is 58.6 Å². The molecule has 1 amide bonds. The fraction of sp³-hybridized carbons (Fsp3) is 0.450. The zero-order valence-electron chi connectivity index (χ0n) is 15.6. The van der Waals surface area contributed by atoms with Crippen LogP contribution in [0.4, 0.5) is 5.82 Å². The maximum atomic E-state index is 12.7. The highest BCUT2D eigenvalue weighted by Gasteiger charge is 2.25. The minimum Gasteiger partial charge on any atom is -0.489 e. The number of hydrogen-bond acceptors (Lipinski definition) is 5. The minimum atomic E-state index is 0.0380. The van der Waals surface area contributed by atoms with Crippen LogP contribution in [0.25, 0.3) is 0 Å². The monoisotopic (exact) mass is 354 g/mol. The third-order valence-electron chi connectivity index (χ3n) is 4.80. The Kier molecular flexibility index (Phi) is 5.71. The number of pyridine rings is 2. The maximum Gasteiger partial charge on any atom is 0.255 e. The van der Waals surface area contributed by atoms with Crippen molar-refractivity contribution in [2.75, 3.05) is 25.0 Å². The molecule has 1 saturated heterocycles. The first-order valence-corrected chi connectivity index (χ1v) is 9.09. The van der Waals surface area contributed by atoms with Gasteiger partial charge >= 0.3 is 0 Å². The molecule has 2 aromatic heterocycles. The molecule has 0 unspecified atom stereocenters. The molecule has 3 rings (SSSR count). The summed E-state index contributed by atoms with van der Waals surface area (Å²) in [4.78, 5) is 25.2. The van der Waals surface area contributed by atoms with Crippen molar-refractivity contribution < 1.29 is 9.53 Å². The lowest BCUT2D eigenvalue weighted by Crippen LogP contribution is -2.41. The van der Waals surface area contributed by atoms with Crippen molar-refractivity contribution in [2.24, 2.45) is 0 Å². The van der Waals surface area contributed by atoms with E-state index in [2.05, 4.69) is 28.7 Å². The molecule has 0 atom stereocenters. The molecule has 0 radical (unpaired) electrons. The van der Waals surface area contributed by atoms with E-state index in [9.17, 15) is 4.79 Å². The third-order valence-corrected chi connectivity index (χ3v) is 4.80. The van der Waals surface area contributed by atoms with Crippen LogP contribution in [-0.2, 0) is 0 Å². The lowest BCUT2D eigenvalue weighted by molar-refractivity contribution is 0.0594. The highest BCUT2D eigenvalue weighted by atomic mass is 16.5. The van der Waals surface area contributed by atoms with E-state index in [1.807, 2.05) is 36.2 Å². The summed E-state index contributed by atoms with van der Waals surface area (Å²) in [6, 6.07) is 7.91. The molecular weight excluding hydrogens is 328 g/mol. The standard InChI is InChI=1S/C20H26N4O2/c1-15(2)23(3)19-7-6-16(13-22-19)20(25)24-11-8-17(9-12-24)26-18-5-4-10-21-14-18/h4-7,10,13-15,17H,8-9,11-12H2,1-3H3. The van der Waals surface area contributed by atoms with Crippen LogP contribution >= 0.6 is 0 Å². The maximum absolute atomic E-state index is 12.7. The van der Waals surface area contributed by atoms with Crippen molar-refractivity contribution in [3.63, 3.8) is 0 Å². The normalized spacial score (nSPS) is 15.2. The van der Waals surface area contributed by atoms with E-state index in [1.165, 1.54) is 0 Å². The van der Waals surface area contributed by atoms with Gasteiger partial charge in [-0.05, 0) is 38.1 Å². The van der Waals surface area contributed by atoms with Gasteiger partial charge < -0.3 is 14.5 Å². The van der Waals surface area contributed by atoms with Crippen LogP contribution in [0.2, 0.25) is 0 Å². The molecule has 1 aliphatic heterocycles. The first-order valence-electron chi connectivity index (χ1n) is 9.09. The summed E-state index contributed by atoms with van der Waals surface area (Å²) in [5, 5.41) is 0. The molecule has 0 N–H and O–H groups in total. The zero-order chi connectivity index (χ0) is 18.5.